The maximum absolute atomic E-state index is 10.2. The number of anilines is 1. The average Bonchev–Trinajstić information content (AvgIpc) is 3.01. The average molecular weight is 309 g/mol. The van der Waals surface area contributed by atoms with E-state index in [0.29, 0.717) is 21.8 Å². The zero-order valence-corrected chi connectivity index (χ0v) is 12.1. The van der Waals surface area contributed by atoms with Gasteiger partial charge in [-0.3, -0.25) is 4.57 Å². The van der Waals surface area contributed by atoms with Gasteiger partial charge in [0.1, 0.15) is 22.8 Å². The minimum atomic E-state index is -0.950. The lowest BCUT2D eigenvalue weighted by molar-refractivity contribution is -0.0483. The van der Waals surface area contributed by atoms with Crippen LogP contribution in [0.1, 0.15) is 6.23 Å². The van der Waals surface area contributed by atoms with E-state index in [1.165, 1.54) is 18.1 Å². The van der Waals surface area contributed by atoms with Crippen molar-refractivity contribution in [1.29, 1.82) is 0 Å². The summed E-state index contributed by atoms with van der Waals surface area (Å²) in [6.45, 7) is 3.50. The standard InChI is InChI=1S/C12H15N5O3S/c1-5-6(3-18)20-11(8(5)19)17-4-14-7-9(17)15-12(13)16-10(7)21-2/h4,6,8,11,18-19H,1,3H2,2H3,(H2,13,15,16)/t6-,8-,11-/m1/s1. The van der Waals surface area contributed by atoms with E-state index in [1.54, 1.807) is 4.57 Å². The predicted molar refractivity (Wildman–Crippen MR) is 77.7 cm³/mol. The molecule has 0 bridgehead atoms. The van der Waals surface area contributed by atoms with E-state index in [4.69, 9.17) is 10.5 Å². The van der Waals surface area contributed by atoms with Crippen LogP contribution in [0.15, 0.2) is 23.5 Å². The Morgan fingerprint density at radius 2 is 2.29 bits per heavy atom. The molecule has 9 heteroatoms. The van der Waals surface area contributed by atoms with Gasteiger partial charge in [0, 0.05) is 0 Å². The van der Waals surface area contributed by atoms with Crippen molar-refractivity contribution < 1.29 is 14.9 Å². The van der Waals surface area contributed by atoms with Crippen LogP contribution in [0.25, 0.3) is 11.2 Å². The quantitative estimate of drug-likeness (QED) is 0.410. The van der Waals surface area contributed by atoms with Crippen molar-refractivity contribution in [3.05, 3.63) is 18.5 Å². The number of ether oxygens (including phenoxy) is 1. The molecule has 3 heterocycles. The first kappa shape index (κ1) is 14.3. The van der Waals surface area contributed by atoms with Crippen LogP contribution in [0.5, 0.6) is 0 Å². The minimum Gasteiger partial charge on any atom is -0.393 e. The van der Waals surface area contributed by atoms with Gasteiger partial charge in [-0.1, -0.05) is 6.58 Å². The maximum Gasteiger partial charge on any atom is 0.223 e. The Morgan fingerprint density at radius 3 is 2.90 bits per heavy atom. The normalized spacial score (nSPS) is 25.9. The number of nitrogens with zero attached hydrogens (tertiary/aromatic N) is 4. The summed E-state index contributed by atoms with van der Waals surface area (Å²) in [5.41, 5.74) is 7.20. The van der Waals surface area contributed by atoms with Crippen LogP contribution in [-0.2, 0) is 4.74 Å². The molecule has 1 saturated heterocycles. The molecule has 8 nitrogen and oxygen atoms in total. The van der Waals surface area contributed by atoms with E-state index in [2.05, 4.69) is 21.5 Å². The zero-order chi connectivity index (χ0) is 15.1. The maximum atomic E-state index is 10.2. The molecule has 112 valence electrons. The second kappa shape index (κ2) is 5.26. The van der Waals surface area contributed by atoms with Crippen molar-refractivity contribution in [2.75, 3.05) is 18.6 Å². The molecule has 3 atom stereocenters. The third kappa shape index (κ3) is 2.18. The minimum absolute atomic E-state index is 0.124. The van der Waals surface area contributed by atoms with Crippen molar-refractivity contribution in [3.8, 4) is 0 Å². The highest BCUT2D eigenvalue weighted by Gasteiger charge is 2.39. The molecular weight excluding hydrogens is 294 g/mol. The van der Waals surface area contributed by atoms with E-state index in [9.17, 15) is 10.2 Å². The van der Waals surface area contributed by atoms with Gasteiger partial charge in [-0.05, 0) is 11.8 Å². The molecule has 4 N–H and O–H groups in total. The molecule has 0 unspecified atom stereocenters. The number of rotatable bonds is 3. The summed E-state index contributed by atoms with van der Waals surface area (Å²) >= 11 is 1.41. The first-order valence-electron chi connectivity index (χ1n) is 6.24. The number of fused-ring (bicyclic) bond motifs is 1. The van der Waals surface area contributed by atoms with Gasteiger partial charge in [0.25, 0.3) is 0 Å². The molecule has 1 fully saturated rings. The highest BCUT2D eigenvalue weighted by atomic mass is 32.2. The molecule has 0 amide bonds. The van der Waals surface area contributed by atoms with Gasteiger partial charge >= 0.3 is 0 Å². The molecule has 0 aliphatic carbocycles. The molecular formula is C12H15N5O3S. The smallest absolute Gasteiger partial charge is 0.223 e. The largest absolute Gasteiger partial charge is 0.393 e. The number of nitrogens with two attached hydrogens (primary N) is 1. The van der Waals surface area contributed by atoms with E-state index in [0.717, 1.165) is 0 Å². The second-order valence-electron chi connectivity index (χ2n) is 4.63. The van der Waals surface area contributed by atoms with Crippen LogP contribution in [-0.4, -0.2) is 54.8 Å². The molecule has 0 radical (unpaired) electrons. The fraction of sp³-hybridized carbons (Fsp3) is 0.417. The number of nitrogen functional groups attached to an aromatic ring is 1. The Bertz CT molecular complexity index is 704. The number of thioether (sulfide) groups is 1. The summed E-state index contributed by atoms with van der Waals surface area (Å²) in [4.78, 5) is 12.6. The summed E-state index contributed by atoms with van der Waals surface area (Å²) < 4.78 is 7.20. The molecule has 1 aliphatic rings. The van der Waals surface area contributed by atoms with Gasteiger partial charge in [-0.2, -0.15) is 4.98 Å². The number of aromatic nitrogens is 4. The summed E-state index contributed by atoms with van der Waals surface area (Å²) in [6, 6.07) is 0. The lowest BCUT2D eigenvalue weighted by Crippen LogP contribution is -2.20. The summed E-state index contributed by atoms with van der Waals surface area (Å²) in [5, 5.41) is 20.1. The fourth-order valence-corrected chi connectivity index (χ4v) is 2.84. The Morgan fingerprint density at radius 1 is 1.52 bits per heavy atom. The Hall–Kier alpha value is -1.68. The number of hydrogen-bond donors (Lipinski definition) is 3. The third-order valence-corrected chi connectivity index (χ3v) is 4.08. The van der Waals surface area contributed by atoms with E-state index in [-0.39, 0.29) is 12.6 Å². The van der Waals surface area contributed by atoms with Crippen LogP contribution in [0.3, 0.4) is 0 Å². The lowest BCUT2D eigenvalue weighted by atomic mass is 10.1. The van der Waals surface area contributed by atoms with Crippen molar-refractivity contribution >= 4 is 28.9 Å². The van der Waals surface area contributed by atoms with Gasteiger partial charge in [0.2, 0.25) is 5.95 Å². The summed E-state index contributed by atoms with van der Waals surface area (Å²) in [6.07, 6.45) is 1.07. The third-order valence-electron chi connectivity index (χ3n) is 3.41. The lowest BCUT2D eigenvalue weighted by Gasteiger charge is -2.16. The van der Waals surface area contributed by atoms with Gasteiger partial charge in [-0.25, -0.2) is 9.97 Å². The van der Waals surface area contributed by atoms with Crippen LogP contribution in [0.4, 0.5) is 5.95 Å². The van der Waals surface area contributed by atoms with Crippen LogP contribution >= 0.6 is 11.8 Å². The molecule has 0 saturated carbocycles. The van der Waals surface area contributed by atoms with Crippen molar-refractivity contribution in [3.63, 3.8) is 0 Å². The van der Waals surface area contributed by atoms with Gasteiger partial charge in [0.05, 0.1) is 12.9 Å². The van der Waals surface area contributed by atoms with Gasteiger partial charge in [0.15, 0.2) is 11.9 Å². The van der Waals surface area contributed by atoms with Crippen molar-refractivity contribution in [2.45, 2.75) is 23.5 Å². The number of aliphatic hydroxyl groups is 2. The van der Waals surface area contributed by atoms with Crippen molar-refractivity contribution in [1.82, 2.24) is 19.5 Å². The molecule has 2 aromatic rings. The zero-order valence-electron chi connectivity index (χ0n) is 11.3. The highest BCUT2D eigenvalue weighted by Crippen LogP contribution is 2.34. The predicted octanol–water partition coefficient (Wildman–Crippen LogP) is -0.0628. The number of hydrogen-bond acceptors (Lipinski definition) is 8. The van der Waals surface area contributed by atoms with E-state index < -0.39 is 18.4 Å². The topological polar surface area (TPSA) is 119 Å². The molecule has 21 heavy (non-hydrogen) atoms. The molecule has 0 spiro atoms. The number of imidazole rings is 1. The first-order chi connectivity index (χ1) is 10.1. The molecule has 3 rings (SSSR count). The monoisotopic (exact) mass is 309 g/mol. The van der Waals surface area contributed by atoms with Gasteiger partial charge < -0.3 is 20.7 Å². The van der Waals surface area contributed by atoms with E-state index in [1.807, 2.05) is 6.26 Å². The van der Waals surface area contributed by atoms with Gasteiger partial charge in [-0.15, -0.1) is 11.8 Å². The summed E-state index contributed by atoms with van der Waals surface area (Å²) in [7, 11) is 0. The van der Waals surface area contributed by atoms with Crippen LogP contribution in [0, 0.1) is 0 Å². The second-order valence-corrected chi connectivity index (χ2v) is 5.43. The highest BCUT2D eigenvalue weighted by molar-refractivity contribution is 7.98. The van der Waals surface area contributed by atoms with Crippen molar-refractivity contribution in [2.24, 2.45) is 0 Å². The fourth-order valence-electron chi connectivity index (χ4n) is 2.32. The first-order valence-corrected chi connectivity index (χ1v) is 7.46. The Labute approximate surface area is 124 Å². The Kier molecular flexibility index (Phi) is 3.57. The SMILES string of the molecule is C=C1[C@@H](O)[C@H](n2cnc3c(SC)nc(N)nc32)O[C@@H]1CO. The van der Waals surface area contributed by atoms with Crippen LogP contribution in [0.2, 0.25) is 0 Å². The molecule has 1 aliphatic heterocycles. The van der Waals surface area contributed by atoms with Crippen LogP contribution < -0.4 is 5.73 Å². The van der Waals surface area contributed by atoms with E-state index >= 15 is 0 Å². The molecule has 2 aromatic heterocycles. The number of aliphatic hydroxyl groups excluding tert-OH is 2. The Balaban J connectivity index is 2.10. The summed E-state index contributed by atoms with van der Waals surface area (Å²) in [5.74, 6) is 0.124. The molecule has 0 aromatic carbocycles.